The predicted molar refractivity (Wildman–Crippen MR) is 84.6 cm³/mol. The van der Waals surface area contributed by atoms with Gasteiger partial charge in [-0.25, -0.2) is 0 Å². The molecule has 1 saturated carbocycles. The highest BCUT2D eigenvalue weighted by molar-refractivity contribution is 5.39. The van der Waals surface area contributed by atoms with Crippen molar-refractivity contribution < 1.29 is 9.84 Å². The molecule has 21 heavy (non-hydrogen) atoms. The van der Waals surface area contributed by atoms with Crippen molar-refractivity contribution in [2.24, 2.45) is 5.41 Å². The van der Waals surface area contributed by atoms with Gasteiger partial charge in [0.25, 0.3) is 0 Å². The Morgan fingerprint density at radius 2 is 2.05 bits per heavy atom. The third kappa shape index (κ3) is 3.58. The van der Waals surface area contributed by atoms with E-state index in [-0.39, 0.29) is 0 Å². The molecule has 2 N–H and O–H groups in total. The monoisotopic (exact) mass is 289 g/mol. The summed E-state index contributed by atoms with van der Waals surface area (Å²) in [4.78, 5) is 0. The van der Waals surface area contributed by atoms with Crippen LogP contribution in [0.5, 0.6) is 5.75 Å². The second kappa shape index (κ2) is 6.80. The van der Waals surface area contributed by atoms with Crippen molar-refractivity contribution in [2.75, 3.05) is 19.8 Å². The average molecular weight is 289 g/mol. The van der Waals surface area contributed by atoms with E-state index < -0.39 is 0 Å². The number of benzene rings is 1. The molecule has 1 aliphatic carbocycles. The van der Waals surface area contributed by atoms with Gasteiger partial charge >= 0.3 is 0 Å². The lowest BCUT2D eigenvalue weighted by atomic mass is 9.72. The van der Waals surface area contributed by atoms with E-state index in [0.717, 1.165) is 38.3 Å². The number of aliphatic hydroxyl groups excluding tert-OH is 1. The topological polar surface area (TPSA) is 41.5 Å². The molecule has 1 aromatic rings. The Labute approximate surface area is 127 Å². The molecule has 1 aromatic carbocycles. The van der Waals surface area contributed by atoms with E-state index >= 15 is 0 Å². The summed E-state index contributed by atoms with van der Waals surface area (Å²) in [6, 6.07) is 6.54. The van der Waals surface area contributed by atoms with E-state index in [1.54, 1.807) is 0 Å². The van der Waals surface area contributed by atoms with Gasteiger partial charge in [-0.15, -0.1) is 0 Å². The number of hydrogen-bond acceptors (Lipinski definition) is 3. The quantitative estimate of drug-likeness (QED) is 0.846. The Hall–Kier alpha value is -1.06. The molecule has 2 aliphatic rings. The second-order valence-corrected chi connectivity index (χ2v) is 6.68. The lowest BCUT2D eigenvalue weighted by molar-refractivity contribution is 0.126. The van der Waals surface area contributed by atoms with E-state index in [1.165, 1.54) is 43.2 Å². The van der Waals surface area contributed by atoms with Crippen molar-refractivity contribution >= 4 is 0 Å². The molecule has 0 radical (unpaired) electrons. The van der Waals surface area contributed by atoms with Crippen molar-refractivity contribution in [3.8, 4) is 5.75 Å². The second-order valence-electron chi connectivity index (χ2n) is 6.68. The number of fused-ring (bicyclic) bond motifs is 1. The highest BCUT2D eigenvalue weighted by Crippen LogP contribution is 2.38. The molecule has 0 atom stereocenters. The fourth-order valence-corrected chi connectivity index (χ4v) is 3.88. The smallest absolute Gasteiger partial charge is 0.122 e. The van der Waals surface area contributed by atoms with E-state index in [1.807, 2.05) is 0 Å². The minimum Gasteiger partial charge on any atom is -0.493 e. The van der Waals surface area contributed by atoms with Gasteiger partial charge in [-0.1, -0.05) is 31.4 Å². The SMILES string of the molecule is OCCC1(CNCc2ccc3c(c2)CCO3)CCCCC1. The highest BCUT2D eigenvalue weighted by Gasteiger charge is 2.30. The maximum absolute atomic E-state index is 9.36. The summed E-state index contributed by atoms with van der Waals surface area (Å²) in [7, 11) is 0. The van der Waals surface area contributed by atoms with Crippen molar-refractivity contribution in [3.63, 3.8) is 0 Å². The van der Waals surface area contributed by atoms with Gasteiger partial charge in [0.1, 0.15) is 5.75 Å². The van der Waals surface area contributed by atoms with E-state index in [4.69, 9.17) is 4.74 Å². The lowest BCUT2D eigenvalue weighted by Crippen LogP contribution is -2.36. The maximum atomic E-state index is 9.36. The van der Waals surface area contributed by atoms with Crippen LogP contribution in [0.2, 0.25) is 0 Å². The van der Waals surface area contributed by atoms with Crippen LogP contribution in [-0.2, 0) is 13.0 Å². The van der Waals surface area contributed by atoms with Crippen LogP contribution >= 0.6 is 0 Å². The maximum Gasteiger partial charge on any atom is 0.122 e. The number of nitrogens with one attached hydrogen (secondary N) is 1. The summed E-state index contributed by atoms with van der Waals surface area (Å²) in [5.74, 6) is 1.06. The van der Waals surface area contributed by atoms with Gasteiger partial charge in [0.2, 0.25) is 0 Å². The van der Waals surface area contributed by atoms with Crippen molar-refractivity contribution in [1.29, 1.82) is 0 Å². The van der Waals surface area contributed by atoms with Gasteiger partial charge in [-0.2, -0.15) is 0 Å². The molecule has 0 unspecified atom stereocenters. The first-order valence-electron chi connectivity index (χ1n) is 8.38. The lowest BCUT2D eigenvalue weighted by Gasteiger charge is -2.37. The van der Waals surface area contributed by atoms with E-state index in [9.17, 15) is 5.11 Å². The van der Waals surface area contributed by atoms with E-state index in [0.29, 0.717) is 12.0 Å². The Kier molecular flexibility index (Phi) is 4.81. The molecule has 3 rings (SSSR count). The summed E-state index contributed by atoms with van der Waals surface area (Å²) in [5, 5.41) is 13.0. The fraction of sp³-hybridized carbons (Fsp3) is 0.667. The van der Waals surface area contributed by atoms with Crippen LogP contribution < -0.4 is 10.1 Å². The summed E-state index contributed by atoms with van der Waals surface area (Å²) >= 11 is 0. The number of hydrogen-bond donors (Lipinski definition) is 2. The summed E-state index contributed by atoms with van der Waals surface area (Å²) in [5.41, 5.74) is 3.01. The third-order valence-corrected chi connectivity index (χ3v) is 5.14. The molecule has 0 aromatic heterocycles. The number of ether oxygens (including phenoxy) is 1. The molecule has 3 heteroatoms. The van der Waals surface area contributed by atoms with Crippen molar-refractivity contribution in [2.45, 2.75) is 51.5 Å². The van der Waals surface area contributed by atoms with Crippen LogP contribution in [0, 0.1) is 5.41 Å². The first kappa shape index (κ1) is 14.9. The molecule has 0 bridgehead atoms. The van der Waals surface area contributed by atoms with Crippen LogP contribution in [0.25, 0.3) is 0 Å². The Morgan fingerprint density at radius 3 is 2.86 bits per heavy atom. The Morgan fingerprint density at radius 1 is 1.19 bits per heavy atom. The molecular formula is C18H27NO2. The molecule has 116 valence electrons. The van der Waals surface area contributed by atoms with Gasteiger partial charge in [0.15, 0.2) is 0 Å². The van der Waals surface area contributed by atoms with Gasteiger partial charge in [-0.05, 0) is 41.9 Å². The molecule has 1 aliphatic heterocycles. The normalized spacial score (nSPS) is 20.0. The van der Waals surface area contributed by atoms with Gasteiger partial charge in [-0.3, -0.25) is 0 Å². The highest BCUT2D eigenvalue weighted by atomic mass is 16.5. The molecule has 0 amide bonds. The van der Waals surface area contributed by atoms with Crippen LogP contribution in [0.15, 0.2) is 18.2 Å². The zero-order valence-corrected chi connectivity index (χ0v) is 12.9. The summed E-state index contributed by atoms with van der Waals surface area (Å²) in [6.45, 7) is 3.09. The molecule has 1 heterocycles. The van der Waals surface area contributed by atoms with Gasteiger partial charge < -0.3 is 15.2 Å². The average Bonchev–Trinajstić information content (AvgIpc) is 2.96. The fourth-order valence-electron chi connectivity index (χ4n) is 3.88. The molecule has 3 nitrogen and oxygen atoms in total. The summed E-state index contributed by atoms with van der Waals surface area (Å²) in [6.07, 6.45) is 8.50. The first-order valence-corrected chi connectivity index (χ1v) is 8.38. The summed E-state index contributed by atoms with van der Waals surface area (Å²) < 4.78 is 5.55. The van der Waals surface area contributed by atoms with Crippen LogP contribution in [0.1, 0.15) is 49.7 Å². The standard InChI is InChI=1S/C18H27NO2/c20-10-9-18(7-2-1-3-8-18)14-19-13-15-4-5-17-16(12-15)6-11-21-17/h4-5,12,19-20H,1-3,6-11,13-14H2. The van der Waals surface area contributed by atoms with Crippen LogP contribution in [0.3, 0.4) is 0 Å². The molecule has 0 spiro atoms. The van der Waals surface area contributed by atoms with Crippen molar-refractivity contribution in [1.82, 2.24) is 5.32 Å². The Balaban J connectivity index is 1.54. The number of aliphatic hydroxyl groups is 1. The first-order chi connectivity index (χ1) is 10.3. The third-order valence-electron chi connectivity index (χ3n) is 5.14. The van der Waals surface area contributed by atoms with Crippen LogP contribution in [-0.4, -0.2) is 24.9 Å². The Bertz CT molecular complexity index is 461. The zero-order chi connectivity index (χ0) is 14.5. The minimum absolute atomic E-state index is 0.317. The zero-order valence-electron chi connectivity index (χ0n) is 12.9. The van der Waals surface area contributed by atoms with Crippen molar-refractivity contribution in [3.05, 3.63) is 29.3 Å². The van der Waals surface area contributed by atoms with Crippen LogP contribution in [0.4, 0.5) is 0 Å². The largest absolute Gasteiger partial charge is 0.493 e. The number of rotatable bonds is 6. The molecular weight excluding hydrogens is 262 g/mol. The van der Waals surface area contributed by atoms with Gasteiger partial charge in [0.05, 0.1) is 6.61 Å². The molecule has 1 fully saturated rings. The van der Waals surface area contributed by atoms with Gasteiger partial charge in [0, 0.05) is 26.1 Å². The van der Waals surface area contributed by atoms with E-state index in [2.05, 4.69) is 23.5 Å². The predicted octanol–water partition coefficient (Wildman–Crippen LogP) is 3.04. The minimum atomic E-state index is 0.317. The molecule has 0 saturated heterocycles.